The minimum Gasteiger partial charge on any atom is -0.355 e. The van der Waals surface area contributed by atoms with Gasteiger partial charge in [0.25, 0.3) is 0 Å². The first kappa shape index (κ1) is 17.3. The summed E-state index contributed by atoms with van der Waals surface area (Å²) in [6.07, 6.45) is 2.74. The van der Waals surface area contributed by atoms with E-state index in [0.717, 1.165) is 13.0 Å². The maximum Gasteiger partial charge on any atom is 0.220 e. The second kappa shape index (κ2) is 9.21. The molecule has 1 heterocycles. The lowest BCUT2D eigenvalue weighted by molar-refractivity contribution is -0.120. The molecule has 20 heavy (non-hydrogen) atoms. The summed E-state index contributed by atoms with van der Waals surface area (Å²) in [6, 6.07) is 7.06. The number of thioether (sulfide) groups is 1. The van der Waals surface area contributed by atoms with Crippen molar-refractivity contribution in [3.05, 3.63) is 30.1 Å². The van der Waals surface area contributed by atoms with E-state index < -0.39 is 0 Å². The molecule has 0 aromatic heterocycles. The van der Waals surface area contributed by atoms with Crippen molar-refractivity contribution in [2.75, 3.05) is 18.8 Å². The second-order valence-electron chi connectivity index (χ2n) is 4.63. The number of hydrogen-bond donors (Lipinski definition) is 2. The van der Waals surface area contributed by atoms with E-state index in [1.54, 1.807) is 18.2 Å². The van der Waals surface area contributed by atoms with Crippen LogP contribution in [0, 0.1) is 5.82 Å². The first-order chi connectivity index (χ1) is 9.25. The Morgan fingerprint density at radius 3 is 2.95 bits per heavy atom. The molecular formula is C14H20ClFN2OS. The molecule has 1 aliphatic heterocycles. The minimum absolute atomic E-state index is 0. The molecule has 1 aromatic carbocycles. The Morgan fingerprint density at radius 1 is 1.45 bits per heavy atom. The molecule has 0 aliphatic carbocycles. The molecule has 2 rings (SSSR count). The highest BCUT2D eigenvalue weighted by Gasteiger charge is 2.14. The van der Waals surface area contributed by atoms with E-state index in [-0.39, 0.29) is 24.1 Å². The first-order valence-electron chi connectivity index (χ1n) is 6.63. The van der Waals surface area contributed by atoms with E-state index in [4.69, 9.17) is 0 Å². The van der Waals surface area contributed by atoms with Crippen LogP contribution in [0.15, 0.2) is 29.2 Å². The van der Waals surface area contributed by atoms with E-state index in [9.17, 15) is 9.18 Å². The zero-order chi connectivity index (χ0) is 13.5. The largest absolute Gasteiger partial charge is 0.355 e. The van der Waals surface area contributed by atoms with Crippen LogP contribution in [-0.2, 0) is 4.79 Å². The molecule has 0 radical (unpaired) electrons. The number of halogens is 2. The van der Waals surface area contributed by atoms with Gasteiger partial charge in [-0.05, 0) is 31.5 Å². The third kappa shape index (κ3) is 5.69. The van der Waals surface area contributed by atoms with E-state index >= 15 is 0 Å². The van der Waals surface area contributed by atoms with Crippen LogP contribution < -0.4 is 10.6 Å². The zero-order valence-electron chi connectivity index (χ0n) is 11.2. The second-order valence-corrected chi connectivity index (χ2v) is 5.76. The molecule has 1 unspecified atom stereocenters. The molecule has 1 amide bonds. The lowest BCUT2D eigenvalue weighted by Crippen LogP contribution is -2.37. The third-order valence-corrected chi connectivity index (χ3v) is 4.18. The van der Waals surface area contributed by atoms with E-state index in [0.29, 0.717) is 29.7 Å². The summed E-state index contributed by atoms with van der Waals surface area (Å²) in [6.45, 7) is 1.74. The Labute approximate surface area is 129 Å². The molecule has 1 aromatic rings. The van der Waals surface area contributed by atoms with Crippen molar-refractivity contribution in [1.82, 2.24) is 10.6 Å². The number of benzene rings is 1. The molecule has 6 heteroatoms. The molecule has 1 saturated heterocycles. The van der Waals surface area contributed by atoms with Gasteiger partial charge in [0.05, 0.1) is 0 Å². The maximum absolute atomic E-state index is 13.3. The molecule has 0 saturated carbocycles. The Balaban J connectivity index is 0.00000200. The van der Waals surface area contributed by atoms with Gasteiger partial charge in [-0.1, -0.05) is 12.1 Å². The monoisotopic (exact) mass is 318 g/mol. The average molecular weight is 319 g/mol. The van der Waals surface area contributed by atoms with Crippen LogP contribution in [0.1, 0.15) is 19.3 Å². The van der Waals surface area contributed by atoms with Gasteiger partial charge in [0, 0.05) is 29.7 Å². The fourth-order valence-corrected chi connectivity index (χ4v) is 2.96. The molecule has 2 N–H and O–H groups in total. The highest BCUT2D eigenvalue weighted by Crippen LogP contribution is 2.21. The highest BCUT2D eigenvalue weighted by molar-refractivity contribution is 7.99. The lowest BCUT2D eigenvalue weighted by Gasteiger charge is -2.11. The van der Waals surface area contributed by atoms with Crippen molar-refractivity contribution in [3.8, 4) is 0 Å². The zero-order valence-corrected chi connectivity index (χ0v) is 12.9. The Hall–Kier alpha value is -0.780. The van der Waals surface area contributed by atoms with Crippen LogP contribution in [0.25, 0.3) is 0 Å². The van der Waals surface area contributed by atoms with Gasteiger partial charge in [-0.2, -0.15) is 0 Å². The van der Waals surface area contributed by atoms with Crippen LogP contribution in [0.5, 0.6) is 0 Å². The summed E-state index contributed by atoms with van der Waals surface area (Å²) in [4.78, 5) is 12.2. The van der Waals surface area contributed by atoms with E-state index in [1.807, 2.05) is 0 Å². The van der Waals surface area contributed by atoms with Gasteiger partial charge < -0.3 is 10.6 Å². The molecule has 1 aliphatic rings. The topological polar surface area (TPSA) is 41.1 Å². The van der Waals surface area contributed by atoms with Crippen LogP contribution in [0.2, 0.25) is 0 Å². The summed E-state index contributed by atoms with van der Waals surface area (Å²) in [7, 11) is 0. The number of rotatable bonds is 6. The molecule has 1 fully saturated rings. The number of carbonyl (C=O) groups excluding carboxylic acids is 1. The normalized spacial score (nSPS) is 17.6. The van der Waals surface area contributed by atoms with Gasteiger partial charge in [0.15, 0.2) is 0 Å². The lowest BCUT2D eigenvalue weighted by atomic mass is 10.2. The summed E-state index contributed by atoms with van der Waals surface area (Å²) in [5.74, 6) is 0.422. The van der Waals surface area contributed by atoms with Gasteiger partial charge in [-0.25, -0.2) is 4.39 Å². The van der Waals surface area contributed by atoms with Crippen LogP contribution in [0.3, 0.4) is 0 Å². The SMILES string of the molecule is Cl.O=C(CCSc1ccccc1F)NCC1CCCN1. The van der Waals surface area contributed by atoms with Crippen molar-refractivity contribution in [2.24, 2.45) is 0 Å². The molecule has 0 bridgehead atoms. The van der Waals surface area contributed by atoms with Crippen LogP contribution in [0.4, 0.5) is 4.39 Å². The summed E-state index contributed by atoms with van der Waals surface area (Å²) >= 11 is 1.38. The fourth-order valence-electron chi connectivity index (χ4n) is 2.07. The van der Waals surface area contributed by atoms with Crippen molar-refractivity contribution in [1.29, 1.82) is 0 Å². The minimum atomic E-state index is -0.219. The van der Waals surface area contributed by atoms with Gasteiger partial charge in [0.1, 0.15) is 5.82 Å². The molecule has 1 atom stereocenters. The summed E-state index contributed by atoms with van der Waals surface area (Å²) in [5, 5.41) is 6.25. The Bertz CT molecular complexity index is 427. The van der Waals surface area contributed by atoms with Gasteiger partial charge in [-0.3, -0.25) is 4.79 Å². The third-order valence-electron chi connectivity index (χ3n) is 3.13. The smallest absolute Gasteiger partial charge is 0.220 e. The van der Waals surface area contributed by atoms with Gasteiger partial charge in [0.2, 0.25) is 5.91 Å². The molecule has 0 spiro atoms. The van der Waals surface area contributed by atoms with Gasteiger partial charge >= 0.3 is 0 Å². The number of carbonyl (C=O) groups is 1. The maximum atomic E-state index is 13.3. The average Bonchev–Trinajstić information content (AvgIpc) is 2.92. The quantitative estimate of drug-likeness (QED) is 0.792. The highest BCUT2D eigenvalue weighted by atomic mass is 35.5. The summed E-state index contributed by atoms with van der Waals surface area (Å²) in [5.41, 5.74) is 0. The first-order valence-corrected chi connectivity index (χ1v) is 7.61. The van der Waals surface area contributed by atoms with Crippen LogP contribution >= 0.6 is 24.2 Å². The standard InChI is InChI=1S/C14H19FN2OS.ClH/c15-12-5-1-2-6-13(12)19-9-7-14(18)17-10-11-4-3-8-16-11;/h1-2,5-6,11,16H,3-4,7-10H2,(H,17,18);1H. The number of amides is 1. The number of hydrogen-bond acceptors (Lipinski definition) is 3. The predicted molar refractivity (Wildman–Crippen MR) is 83.0 cm³/mol. The van der Waals surface area contributed by atoms with Crippen molar-refractivity contribution >= 4 is 30.1 Å². The van der Waals surface area contributed by atoms with Crippen LogP contribution in [-0.4, -0.2) is 30.8 Å². The van der Waals surface area contributed by atoms with Crippen molar-refractivity contribution < 1.29 is 9.18 Å². The molecule has 3 nitrogen and oxygen atoms in total. The molecular weight excluding hydrogens is 299 g/mol. The number of nitrogens with one attached hydrogen (secondary N) is 2. The van der Waals surface area contributed by atoms with Crippen molar-refractivity contribution in [2.45, 2.75) is 30.2 Å². The van der Waals surface area contributed by atoms with E-state index in [2.05, 4.69) is 10.6 Å². The Morgan fingerprint density at radius 2 is 2.25 bits per heavy atom. The molecule has 112 valence electrons. The van der Waals surface area contributed by atoms with Gasteiger partial charge in [-0.15, -0.1) is 24.2 Å². The predicted octanol–water partition coefficient (Wildman–Crippen LogP) is 2.60. The van der Waals surface area contributed by atoms with Crippen molar-refractivity contribution in [3.63, 3.8) is 0 Å². The fraction of sp³-hybridized carbons (Fsp3) is 0.500. The Kier molecular flexibility index (Phi) is 7.95. The summed E-state index contributed by atoms with van der Waals surface area (Å²) < 4.78 is 13.3. The van der Waals surface area contributed by atoms with E-state index in [1.165, 1.54) is 24.2 Å².